The van der Waals surface area contributed by atoms with E-state index >= 15 is 0 Å². The highest BCUT2D eigenvalue weighted by Gasteiger charge is 1.96. The minimum Gasteiger partial charge on any atom is -0.481 e. The Morgan fingerprint density at radius 3 is 2.12 bits per heavy atom. The van der Waals surface area contributed by atoms with Gasteiger partial charge in [0, 0.05) is 6.42 Å². The number of rotatable bonds is 10. The van der Waals surface area contributed by atoms with Gasteiger partial charge >= 0.3 is 5.97 Å². The molecule has 16 heavy (non-hydrogen) atoms. The summed E-state index contributed by atoms with van der Waals surface area (Å²) in [5.74, 6) is -1.11. The second-order valence-electron chi connectivity index (χ2n) is 3.86. The van der Waals surface area contributed by atoms with Crippen LogP contribution in [0.2, 0.25) is 0 Å². The van der Waals surface area contributed by atoms with Crippen molar-refractivity contribution in [2.75, 3.05) is 0 Å². The Morgan fingerprint density at radius 1 is 1.00 bits per heavy atom. The van der Waals surface area contributed by atoms with Crippen molar-refractivity contribution >= 4 is 11.9 Å². The number of carbonyl (C=O) groups is 2. The van der Waals surface area contributed by atoms with Crippen LogP contribution < -0.4 is 5.73 Å². The molecule has 0 saturated carbocycles. The number of unbranched alkanes of at least 4 members (excludes halogenated alkanes) is 6. The lowest BCUT2D eigenvalue weighted by Crippen LogP contribution is -2.05. The largest absolute Gasteiger partial charge is 0.481 e. The first-order valence-electron chi connectivity index (χ1n) is 5.80. The number of nitrogens with two attached hydrogens (primary N) is 1. The molecule has 92 valence electrons. The van der Waals surface area contributed by atoms with E-state index in [1.54, 1.807) is 6.08 Å². The van der Waals surface area contributed by atoms with Crippen molar-refractivity contribution in [2.24, 2.45) is 5.73 Å². The van der Waals surface area contributed by atoms with Gasteiger partial charge in [-0.05, 0) is 25.3 Å². The summed E-state index contributed by atoms with van der Waals surface area (Å²) in [5, 5.41) is 8.41. The Morgan fingerprint density at radius 2 is 1.56 bits per heavy atom. The fourth-order valence-corrected chi connectivity index (χ4v) is 1.45. The molecule has 0 aromatic heterocycles. The molecule has 0 atom stereocenters. The van der Waals surface area contributed by atoms with E-state index in [-0.39, 0.29) is 6.42 Å². The highest BCUT2D eigenvalue weighted by atomic mass is 16.4. The molecule has 0 spiro atoms. The van der Waals surface area contributed by atoms with Gasteiger partial charge in [-0.3, -0.25) is 9.59 Å². The van der Waals surface area contributed by atoms with Crippen molar-refractivity contribution in [3.63, 3.8) is 0 Å². The highest BCUT2D eigenvalue weighted by molar-refractivity contribution is 5.85. The van der Waals surface area contributed by atoms with Crippen LogP contribution in [-0.4, -0.2) is 17.0 Å². The maximum atomic E-state index is 10.3. The van der Waals surface area contributed by atoms with Crippen LogP contribution in [0.1, 0.15) is 51.4 Å². The Bertz CT molecular complexity index is 236. The topological polar surface area (TPSA) is 80.4 Å². The molecule has 4 nitrogen and oxygen atoms in total. The molecule has 3 N–H and O–H groups in total. The molecule has 0 saturated heterocycles. The number of hydrogen-bond acceptors (Lipinski definition) is 2. The Hall–Kier alpha value is -1.32. The number of allylic oxidation sites excluding steroid dienone is 1. The summed E-state index contributed by atoms with van der Waals surface area (Å²) < 4.78 is 0. The molecule has 0 rings (SSSR count). The molecule has 0 radical (unpaired) electrons. The molecular formula is C12H21NO3. The summed E-state index contributed by atoms with van der Waals surface area (Å²) in [7, 11) is 0. The second-order valence-corrected chi connectivity index (χ2v) is 3.86. The number of aliphatic carboxylic acids is 1. The van der Waals surface area contributed by atoms with Crippen molar-refractivity contribution in [1.82, 2.24) is 0 Å². The van der Waals surface area contributed by atoms with Gasteiger partial charge in [-0.2, -0.15) is 0 Å². The quantitative estimate of drug-likeness (QED) is 0.443. The lowest BCUT2D eigenvalue weighted by atomic mass is 10.1. The zero-order valence-corrected chi connectivity index (χ0v) is 9.65. The predicted octanol–water partition coefficient (Wildman–Crippen LogP) is 2.23. The first kappa shape index (κ1) is 14.7. The molecule has 0 aromatic carbocycles. The van der Waals surface area contributed by atoms with Gasteiger partial charge in [-0.25, -0.2) is 0 Å². The van der Waals surface area contributed by atoms with Crippen LogP contribution in [0.3, 0.4) is 0 Å². The van der Waals surface area contributed by atoms with Crippen molar-refractivity contribution in [2.45, 2.75) is 51.4 Å². The number of hydrogen-bond donors (Lipinski definition) is 2. The molecule has 0 bridgehead atoms. The SMILES string of the molecule is NC(=O)C=CCCCCCCCCC(=O)O. The van der Waals surface area contributed by atoms with E-state index in [0.29, 0.717) is 0 Å². The van der Waals surface area contributed by atoms with Crippen molar-refractivity contribution < 1.29 is 14.7 Å². The fraction of sp³-hybridized carbons (Fsp3) is 0.667. The summed E-state index contributed by atoms with van der Waals surface area (Å²) >= 11 is 0. The van der Waals surface area contributed by atoms with Gasteiger partial charge in [-0.15, -0.1) is 0 Å². The van der Waals surface area contributed by atoms with E-state index in [4.69, 9.17) is 10.8 Å². The standard InChI is InChI=1S/C12H21NO3/c13-11(14)9-7-5-3-1-2-4-6-8-10-12(15)16/h7,9H,1-6,8,10H2,(H2,13,14)(H,15,16). The molecule has 0 fully saturated rings. The molecule has 0 heterocycles. The van der Waals surface area contributed by atoms with Crippen LogP contribution in [0.4, 0.5) is 0 Å². The lowest BCUT2D eigenvalue weighted by molar-refractivity contribution is -0.137. The number of carbonyl (C=O) groups excluding carboxylic acids is 1. The average molecular weight is 227 g/mol. The van der Waals surface area contributed by atoms with Crippen molar-refractivity contribution in [3.05, 3.63) is 12.2 Å². The third kappa shape index (κ3) is 12.7. The third-order valence-electron chi connectivity index (χ3n) is 2.29. The van der Waals surface area contributed by atoms with E-state index in [1.807, 2.05) is 0 Å². The number of primary amides is 1. The summed E-state index contributed by atoms with van der Waals surface area (Å²) in [6.07, 6.45) is 10.5. The fourth-order valence-electron chi connectivity index (χ4n) is 1.45. The van der Waals surface area contributed by atoms with Gasteiger partial charge in [0.25, 0.3) is 0 Å². The zero-order valence-electron chi connectivity index (χ0n) is 9.65. The van der Waals surface area contributed by atoms with E-state index in [2.05, 4.69) is 0 Å². The van der Waals surface area contributed by atoms with Crippen LogP contribution in [-0.2, 0) is 9.59 Å². The molecule has 0 aliphatic carbocycles. The van der Waals surface area contributed by atoms with E-state index in [1.165, 1.54) is 6.08 Å². The maximum absolute atomic E-state index is 10.3. The normalized spacial score (nSPS) is 10.8. The number of carboxylic acid groups (broad SMARTS) is 1. The molecule has 0 aliphatic heterocycles. The van der Waals surface area contributed by atoms with Crippen LogP contribution in [0.15, 0.2) is 12.2 Å². The lowest BCUT2D eigenvalue weighted by Gasteiger charge is -1.99. The van der Waals surface area contributed by atoms with Crippen molar-refractivity contribution in [1.29, 1.82) is 0 Å². The predicted molar refractivity (Wildman–Crippen MR) is 62.9 cm³/mol. The third-order valence-corrected chi connectivity index (χ3v) is 2.29. The minimum atomic E-state index is -0.711. The molecule has 1 amide bonds. The monoisotopic (exact) mass is 227 g/mol. The van der Waals surface area contributed by atoms with Crippen LogP contribution in [0.5, 0.6) is 0 Å². The Kier molecular flexibility index (Phi) is 9.36. The van der Waals surface area contributed by atoms with E-state index < -0.39 is 11.9 Å². The van der Waals surface area contributed by atoms with E-state index in [9.17, 15) is 9.59 Å². The highest BCUT2D eigenvalue weighted by Crippen LogP contribution is 2.08. The van der Waals surface area contributed by atoms with Gasteiger partial charge < -0.3 is 10.8 Å². The van der Waals surface area contributed by atoms with Gasteiger partial charge in [0.05, 0.1) is 0 Å². The van der Waals surface area contributed by atoms with Crippen LogP contribution in [0.25, 0.3) is 0 Å². The van der Waals surface area contributed by atoms with Gasteiger partial charge in [-0.1, -0.05) is 31.8 Å². The first-order chi connectivity index (χ1) is 7.63. The number of carboxylic acids is 1. The summed E-state index contributed by atoms with van der Waals surface area (Å²) in [6.45, 7) is 0. The summed E-state index contributed by atoms with van der Waals surface area (Å²) in [5.41, 5.74) is 4.94. The zero-order chi connectivity index (χ0) is 12.2. The Labute approximate surface area is 96.5 Å². The molecule has 4 heteroatoms. The maximum Gasteiger partial charge on any atom is 0.303 e. The summed E-state index contributed by atoms with van der Waals surface area (Å²) in [6, 6.07) is 0. The molecular weight excluding hydrogens is 206 g/mol. The molecule has 0 aliphatic rings. The number of amides is 1. The van der Waals surface area contributed by atoms with Crippen LogP contribution in [0, 0.1) is 0 Å². The van der Waals surface area contributed by atoms with Gasteiger partial charge in [0.15, 0.2) is 0 Å². The van der Waals surface area contributed by atoms with Gasteiger partial charge in [0.1, 0.15) is 0 Å². The Balaban J connectivity index is 3.10. The second kappa shape index (κ2) is 10.2. The van der Waals surface area contributed by atoms with Crippen molar-refractivity contribution in [3.8, 4) is 0 Å². The van der Waals surface area contributed by atoms with E-state index in [0.717, 1.165) is 44.9 Å². The molecule has 0 unspecified atom stereocenters. The summed E-state index contributed by atoms with van der Waals surface area (Å²) in [4.78, 5) is 20.6. The smallest absolute Gasteiger partial charge is 0.303 e. The minimum absolute atomic E-state index is 0.279. The van der Waals surface area contributed by atoms with Crippen LogP contribution >= 0.6 is 0 Å². The molecule has 0 aromatic rings. The van der Waals surface area contributed by atoms with Gasteiger partial charge in [0.2, 0.25) is 5.91 Å². The first-order valence-corrected chi connectivity index (χ1v) is 5.80. The average Bonchev–Trinajstić information content (AvgIpc) is 2.20.